The van der Waals surface area contributed by atoms with Crippen LogP contribution in [-0.4, -0.2) is 42.3 Å². The van der Waals surface area contributed by atoms with Gasteiger partial charge in [0.15, 0.2) is 0 Å². The van der Waals surface area contributed by atoms with Crippen molar-refractivity contribution in [3.8, 4) is 11.1 Å². The van der Waals surface area contributed by atoms with E-state index in [1.807, 2.05) is 30.3 Å². The van der Waals surface area contributed by atoms with E-state index in [2.05, 4.69) is 9.84 Å². The van der Waals surface area contributed by atoms with Crippen molar-refractivity contribution in [1.82, 2.24) is 5.01 Å². The first-order valence-electron chi connectivity index (χ1n) is 9.57. The monoisotopic (exact) mass is 386 g/mol. The number of ether oxygens (including phenoxy) is 1. The molecule has 1 fully saturated rings. The number of carbonyl (C=O) groups excluding carboxylic acids is 1. The summed E-state index contributed by atoms with van der Waals surface area (Å²) in [4.78, 5) is 11.9. The maximum absolute atomic E-state index is 14.9. The molecule has 6 heteroatoms. The molecule has 1 heterocycles. The van der Waals surface area contributed by atoms with Crippen molar-refractivity contribution >= 4 is 11.7 Å². The summed E-state index contributed by atoms with van der Waals surface area (Å²) in [5.74, 6) is -5.39. The van der Waals surface area contributed by atoms with Crippen LogP contribution in [0.25, 0.3) is 11.1 Å². The van der Waals surface area contributed by atoms with E-state index < -0.39 is 17.6 Å². The molecule has 0 amide bonds. The summed E-state index contributed by atoms with van der Waals surface area (Å²) in [6.45, 7) is 2.59. The van der Waals surface area contributed by atoms with Crippen LogP contribution < -0.4 is 0 Å². The van der Waals surface area contributed by atoms with Crippen molar-refractivity contribution in [2.24, 2.45) is 5.10 Å². The SMILES string of the molecule is CCOC(=O)C(F)(F)/C(=N\N1CCCCC1)c1ccc(-c2ccccc2)cc1. The molecule has 2 aromatic rings. The van der Waals surface area contributed by atoms with Gasteiger partial charge in [0.1, 0.15) is 5.71 Å². The van der Waals surface area contributed by atoms with E-state index in [0.717, 1.165) is 30.4 Å². The summed E-state index contributed by atoms with van der Waals surface area (Å²) in [6, 6.07) is 16.3. The average Bonchev–Trinajstić information content (AvgIpc) is 2.73. The fourth-order valence-corrected chi connectivity index (χ4v) is 3.19. The van der Waals surface area contributed by atoms with Gasteiger partial charge in [-0.3, -0.25) is 5.01 Å². The van der Waals surface area contributed by atoms with Crippen LogP contribution in [0, 0.1) is 0 Å². The third-order valence-electron chi connectivity index (χ3n) is 4.67. The first kappa shape index (κ1) is 20.0. The highest BCUT2D eigenvalue weighted by molar-refractivity contribution is 6.16. The molecule has 0 bridgehead atoms. The average molecular weight is 386 g/mol. The van der Waals surface area contributed by atoms with Crippen LogP contribution in [0.2, 0.25) is 0 Å². The van der Waals surface area contributed by atoms with Crippen LogP contribution in [0.3, 0.4) is 0 Å². The number of hydrazone groups is 1. The fraction of sp³-hybridized carbons (Fsp3) is 0.364. The van der Waals surface area contributed by atoms with Crippen molar-refractivity contribution in [2.75, 3.05) is 19.7 Å². The molecular formula is C22H24F2N2O2. The summed E-state index contributed by atoms with van der Waals surface area (Å²) in [7, 11) is 0. The number of hydrogen-bond acceptors (Lipinski definition) is 4. The zero-order valence-electron chi connectivity index (χ0n) is 15.9. The summed E-state index contributed by atoms with van der Waals surface area (Å²) in [5, 5.41) is 5.80. The Labute approximate surface area is 163 Å². The molecule has 148 valence electrons. The van der Waals surface area contributed by atoms with Crippen LogP contribution in [0.5, 0.6) is 0 Å². The molecule has 1 aliphatic heterocycles. The second kappa shape index (κ2) is 8.95. The molecule has 0 spiro atoms. The van der Waals surface area contributed by atoms with Gasteiger partial charge in [-0.1, -0.05) is 54.6 Å². The van der Waals surface area contributed by atoms with Crippen molar-refractivity contribution < 1.29 is 18.3 Å². The highest BCUT2D eigenvalue weighted by Crippen LogP contribution is 2.27. The van der Waals surface area contributed by atoms with Gasteiger partial charge in [-0.15, -0.1) is 0 Å². The lowest BCUT2D eigenvalue weighted by Gasteiger charge is -2.26. The second-order valence-corrected chi connectivity index (χ2v) is 6.70. The number of hydrogen-bond donors (Lipinski definition) is 0. The Morgan fingerprint density at radius 1 is 1.00 bits per heavy atom. The minimum atomic E-state index is -3.82. The lowest BCUT2D eigenvalue weighted by Crippen LogP contribution is -2.42. The van der Waals surface area contributed by atoms with E-state index >= 15 is 0 Å². The van der Waals surface area contributed by atoms with Gasteiger partial charge >= 0.3 is 11.9 Å². The summed E-state index contributed by atoms with van der Waals surface area (Å²) in [5.41, 5.74) is 1.54. The quantitative estimate of drug-likeness (QED) is 0.532. The lowest BCUT2D eigenvalue weighted by molar-refractivity contribution is -0.162. The topological polar surface area (TPSA) is 41.9 Å². The Balaban J connectivity index is 1.96. The Bertz CT molecular complexity index is 814. The molecule has 0 unspecified atom stereocenters. The number of halogens is 2. The zero-order valence-corrected chi connectivity index (χ0v) is 15.9. The first-order chi connectivity index (χ1) is 13.5. The van der Waals surface area contributed by atoms with Crippen molar-refractivity contribution in [3.05, 3.63) is 60.2 Å². The van der Waals surface area contributed by atoms with Crippen LogP contribution >= 0.6 is 0 Å². The number of piperidine rings is 1. The standard InChI is InChI=1S/C22H24F2N2O2/c1-2-28-21(27)22(23,24)20(25-26-15-7-4-8-16-26)19-13-11-18(12-14-19)17-9-5-3-6-10-17/h3,5-6,9-14H,2,4,7-8,15-16H2,1H3/b25-20-. The number of alkyl halides is 2. The fourth-order valence-electron chi connectivity index (χ4n) is 3.19. The molecule has 0 radical (unpaired) electrons. The lowest BCUT2D eigenvalue weighted by atomic mass is 9.99. The maximum Gasteiger partial charge on any atom is 0.386 e. The van der Waals surface area contributed by atoms with Crippen LogP contribution in [0.15, 0.2) is 59.7 Å². The molecule has 0 atom stereocenters. The smallest absolute Gasteiger partial charge is 0.386 e. The Morgan fingerprint density at radius 3 is 2.21 bits per heavy atom. The summed E-state index contributed by atoms with van der Waals surface area (Å²) in [6.07, 6.45) is 2.85. The van der Waals surface area contributed by atoms with E-state index in [1.54, 1.807) is 29.3 Å². The first-order valence-corrected chi connectivity index (χ1v) is 9.57. The predicted molar refractivity (Wildman–Crippen MR) is 105 cm³/mol. The van der Waals surface area contributed by atoms with E-state index in [0.29, 0.717) is 13.1 Å². The van der Waals surface area contributed by atoms with Gasteiger partial charge in [0.25, 0.3) is 0 Å². The van der Waals surface area contributed by atoms with Crippen molar-refractivity contribution in [1.29, 1.82) is 0 Å². The van der Waals surface area contributed by atoms with Crippen LogP contribution in [0.1, 0.15) is 31.7 Å². The number of carbonyl (C=O) groups is 1. The Hall–Kier alpha value is -2.76. The molecule has 0 aromatic heterocycles. The third kappa shape index (κ3) is 4.55. The van der Waals surface area contributed by atoms with Gasteiger partial charge in [-0.2, -0.15) is 13.9 Å². The van der Waals surface area contributed by atoms with Crippen LogP contribution in [-0.2, 0) is 9.53 Å². The van der Waals surface area contributed by atoms with Crippen molar-refractivity contribution in [2.45, 2.75) is 32.1 Å². The molecule has 4 nitrogen and oxygen atoms in total. The molecule has 1 saturated heterocycles. The molecule has 0 N–H and O–H groups in total. The highest BCUT2D eigenvalue weighted by atomic mass is 19.3. The van der Waals surface area contributed by atoms with E-state index in [4.69, 9.17) is 0 Å². The predicted octanol–water partition coefficient (Wildman–Crippen LogP) is 4.74. The van der Waals surface area contributed by atoms with E-state index in [9.17, 15) is 13.6 Å². The summed E-state index contributed by atoms with van der Waals surface area (Å²) >= 11 is 0. The number of esters is 1. The normalized spacial score (nSPS) is 15.4. The van der Waals surface area contributed by atoms with Crippen LogP contribution in [0.4, 0.5) is 8.78 Å². The molecule has 0 aliphatic carbocycles. The van der Waals surface area contributed by atoms with Gasteiger partial charge in [0, 0.05) is 18.7 Å². The minimum Gasteiger partial charge on any atom is -0.461 e. The van der Waals surface area contributed by atoms with E-state index in [1.165, 1.54) is 6.92 Å². The van der Waals surface area contributed by atoms with Crippen molar-refractivity contribution in [3.63, 3.8) is 0 Å². The van der Waals surface area contributed by atoms with Gasteiger partial charge < -0.3 is 4.74 Å². The highest BCUT2D eigenvalue weighted by Gasteiger charge is 2.47. The Kier molecular flexibility index (Phi) is 6.39. The van der Waals surface area contributed by atoms with Gasteiger partial charge in [0.05, 0.1) is 6.61 Å². The number of rotatable bonds is 6. The summed E-state index contributed by atoms with van der Waals surface area (Å²) < 4.78 is 34.4. The second-order valence-electron chi connectivity index (χ2n) is 6.70. The van der Waals surface area contributed by atoms with Gasteiger partial charge in [-0.25, -0.2) is 4.79 Å². The number of nitrogens with zero attached hydrogens (tertiary/aromatic N) is 2. The molecule has 3 rings (SSSR count). The number of benzene rings is 2. The molecule has 2 aromatic carbocycles. The van der Waals surface area contributed by atoms with Gasteiger partial charge in [0.2, 0.25) is 0 Å². The van der Waals surface area contributed by atoms with E-state index in [-0.39, 0.29) is 12.2 Å². The van der Waals surface area contributed by atoms with Gasteiger partial charge in [-0.05, 0) is 37.3 Å². The molecule has 0 saturated carbocycles. The largest absolute Gasteiger partial charge is 0.461 e. The zero-order chi connectivity index (χ0) is 20.0. The third-order valence-corrected chi connectivity index (χ3v) is 4.67. The molecule has 1 aliphatic rings. The maximum atomic E-state index is 14.9. The Morgan fingerprint density at radius 2 is 1.61 bits per heavy atom. The molecular weight excluding hydrogens is 362 g/mol. The minimum absolute atomic E-state index is 0.113. The molecule has 28 heavy (non-hydrogen) atoms.